The number of hydrogen-bond donors (Lipinski definition) is 1. The minimum atomic E-state index is 0.514. The maximum absolute atomic E-state index is 11.4. The Balaban J connectivity index is 2.40. The summed E-state index contributed by atoms with van der Waals surface area (Å²) in [5.74, 6) is 0. The highest BCUT2D eigenvalue weighted by Gasteiger charge is 2.32. The standard InChI is InChI=1S/C9H10N3O/c13-12-9-4-2-1-3-8(9)11(10-12)7-5-6-7/h1-4,7H,5-6H2,(H,10,13)/q+1. The van der Waals surface area contributed by atoms with E-state index in [0.29, 0.717) is 6.04 Å². The minimum absolute atomic E-state index is 0.514. The zero-order chi connectivity index (χ0) is 8.84. The highest BCUT2D eigenvalue weighted by atomic mass is 16.3. The van der Waals surface area contributed by atoms with Crippen LogP contribution in [0.1, 0.15) is 18.9 Å². The van der Waals surface area contributed by atoms with Gasteiger partial charge >= 0.3 is 0 Å². The molecule has 0 bridgehead atoms. The molecule has 66 valence electrons. The molecule has 0 aliphatic heterocycles. The van der Waals surface area contributed by atoms with Crippen molar-refractivity contribution in [3.05, 3.63) is 29.2 Å². The SMILES string of the molecule is O=[n+]1[nH]n(C2CC2)c2ccccc21. The first-order valence-corrected chi connectivity index (χ1v) is 4.48. The van der Waals surface area contributed by atoms with Gasteiger partial charge < -0.3 is 0 Å². The predicted octanol–water partition coefficient (Wildman–Crippen LogP) is 1.22. The fraction of sp³-hybridized carbons (Fsp3) is 0.333. The average Bonchev–Trinajstić information content (AvgIpc) is 2.94. The van der Waals surface area contributed by atoms with Crippen molar-refractivity contribution in [3.8, 4) is 0 Å². The Hall–Kier alpha value is -1.58. The van der Waals surface area contributed by atoms with Gasteiger partial charge in [0, 0.05) is 0 Å². The van der Waals surface area contributed by atoms with Gasteiger partial charge in [0.05, 0.1) is 4.54 Å². The zero-order valence-corrected chi connectivity index (χ0v) is 7.10. The second kappa shape index (κ2) is 2.22. The molecule has 0 radical (unpaired) electrons. The average molecular weight is 176 g/mol. The molecule has 0 unspecified atom stereocenters. The van der Waals surface area contributed by atoms with E-state index in [9.17, 15) is 4.91 Å². The number of rotatable bonds is 1. The van der Waals surface area contributed by atoms with Crippen LogP contribution in [0.5, 0.6) is 0 Å². The molecule has 13 heavy (non-hydrogen) atoms. The smallest absolute Gasteiger partial charge is 0.152 e. The zero-order valence-electron chi connectivity index (χ0n) is 7.10. The highest BCUT2D eigenvalue weighted by molar-refractivity contribution is 5.70. The molecule has 4 nitrogen and oxygen atoms in total. The van der Waals surface area contributed by atoms with E-state index in [2.05, 4.69) is 5.21 Å². The third kappa shape index (κ3) is 0.915. The van der Waals surface area contributed by atoms with Gasteiger partial charge in [0.2, 0.25) is 11.0 Å². The maximum atomic E-state index is 11.4. The number of benzene rings is 1. The first-order chi connectivity index (χ1) is 6.36. The molecule has 1 aliphatic carbocycles. The Bertz CT molecular complexity index is 507. The fourth-order valence-electron chi connectivity index (χ4n) is 1.66. The molecule has 3 rings (SSSR count). The monoisotopic (exact) mass is 176 g/mol. The van der Waals surface area contributed by atoms with E-state index < -0.39 is 0 Å². The molecule has 1 aliphatic rings. The van der Waals surface area contributed by atoms with Gasteiger partial charge in [0.15, 0.2) is 0 Å². The van der Waals surface area contributed by atoms with E-state index in [1.807, 2.05) is 28.9 Å². The second-order valence-electron chi connectivity index (χ2n) is 3.48. The molecule has 0 saturated heterocycles. The Morgan fingerprint density at radius 3 is 2.92 bits per heavy atom. The summed E-state index contributed by atoms with van der Waals surface area (Å²) in [6.45, 7) is 0. The molecule has 0 spiro atoms. The highest BCUT2D eigenvalue weighted by Crippen LogP contribution is 2.35. The lowest BCUT2D eigenvalue weighted by molar-refractivity contribution is -0.541. The van der Waals surface area contributed by atoms with Crippen LogP contribution >= 0.6 is 0 Å². The number of para-hydroxylation sites is 2. The Morgan fingerprint density at radius 2 is 2.15 bits per heavy atom. The molecule has 4 heteroatoms. The predicted molar refractivity (Wildman–Crippen MR) is 47.9 cm³/mol. The molecule has 1 aromatic heterocycles. The first-order valence-electron chi connectivity index (χ1n) is 4.48. The molecule has 2 aromatic rings. The van der Waals surface area contributed by atoms with E-state index in [1.165, 1.54) is 12.8 Å². The number of aromatic nitrogens is 3. The third-order valence-corrected chi connectivity index (χ3v) is 2.47. The van der Waals surface area contributed by atoms with Crippen molar-refractivity contribution in [3.63, 3.8) is 0 Å². The van der Waals surface area contributed by atoms with Crippen molar-refractivity contribution in [2.45, 2.75) is 18.9 Å². The van der Waals surface area contributed by atoms with Gasteiger partial charge in [-0.15, -0.1) is 0 Å². The molecule has 1 N–H and O–H groups in total. The number of H-pyrrole nitrogens is 1. The van der Waals surface area contributed by atoms with Gasteiger partial charge in [-0.05, 0) is 29.9 Å². The van der Waals surface area contributed by atoms with Gasteiger partial charge in [-0.25, -0.2) is 0 Å². The quantitative estimate of drug-likeness (QED) is 0.652. The van der Waals surface area contributed by atoms with E-state index in [-0.39, 0.29) is 0 Å². The van der Waals surface area contributed by atoms with Crippen LogP contribution in [0.25, 0.3) is 11.0 Å². The lowest BCUT2D eigenvalue weighted by Crippen LogP contribution is -2.17. The van der Waals surface area contributed by atoms with Crippen molar-refractivity contribution in [1.29, 1.82) is 0 Å². The van der Waals surface area contributed by atoms with E-state index in [0.717, 1.165) is 15.6 Å². The van der Waals surface area contributed by atoms with Crippen molar-refractivity contribution in [2.24, 2.45) is 0 Å². The normalized spacial score (nSPS) is 16.6. The molecule has 0 amide bonds. The third-order valence-electron chi connectivity index (χ3n) is 2.47. The first kappa shape index (κ1) is 6.88. The number of aromatic amines is 1. The van der Waals surface area contributed by atoms with Crippen molar-refractivity contribution < 1.29 is 4.54 Å². The van der Waals surface area contributed by atoms with E-state index in [1.54, 1.807) is 0 Å². The Kier molecular flexibility index (Phi) is 1.17. The van der Waals surface area contributed by atoms with E-state index in [4.69, 9.17) is 0 Å². The van der Waals surface area contributed by atoms with E-state index >= 15 is 0 Å². The maximum Gasteiger partial charge on any atom is 0.249 e. The van der Waals surface area contributed by atoms with Crippen molar-refractivity contribution in [1.82, 2.24) is 9.90 Å². The number of nitrogens with zero attached hydrogens (tertiary/aromatic N) is 2. The van der Waals surface area contributed by atoms with Crippen LogP contribution in [0, 0.1) is 4.91 Å². The molecule has 1 fully saturated rings. The summed E-state index contributed by atoms with van der Waals surface area (Å²) in [7, 11) is 0. The van der Waals surface area contributed by atoms with Crippen LogP contribution in [-0.2, 0) is 0 Å². The largest absolute Gasteiger partial charge is 0.249 e. The Labute approximate surface area is 74.4 Å². The lowest BCUT2D eigenvalue weighted by Gasteiger charge is -1.88. The van der Waals surface area contributed by atoms with Gasteiger partial charge in [-0.3, -0.25) is 0 Å². The van der Waals surface area contributed by atoms with Crippen LogP contribution in [-0.4, -0.2) is 9.90 Å². The lowest BCUT2D eigenvalue weighted by atomic mass is 10.3. The van der Waals surface area contributed by atoms with Crippen LogP contribution in [0.3, 0.4) is 0 Å². The molecule has 0 atom stereocenters. The van der Waals surface area contributed by atoms with Crippen LogP contribution in [0.2, 0.25) is 0 Å². The summed E-state index contributed by atoms with van der Waals surface area (Å²) in [5.41, 5.74) is 1.72. The molecule has 1 saturated carbocycles. The molecule has 1 heterocycles. The van der Waals surface area contributed by atoms with Crippen LogP contribution in [0.4, 0.5) is 0 Å². The van der Waals surface area contributed by atoms with Gasteiger partial charge in [0.25, 0.3) is 0 Å². The number of hydrogen-bond acceptors (Lipinski definition) is 1. The summed E-state index contributed by atoms with van der Waals surface area (Å²) in [6, 6.07) is 8.15. The van der Waals surface area contributed by atoms with Crippen molar-refractivity contribution in [2.75, 3.05) is 0 Å². The Morgan fingerprint density at radius 1 is 1.38 bits per heavy atom. The van der Waals surface area contributed by atoms with Gasteiger partial charge in [0.1, 0.15) is 6.04 Å². The van der Waals surface area contributed by atoms with Gasteiger partial charge in [-0.2, -0.15) is 4.68 Å². The summed E-state index contributed by atoms with van der Waals surface area (Å²) in [6.07, 6.45) is 2.35. The number of nitrogens with one attached hydrogen (secondary N) is 1. The summed E-state index contributed by atoms with van der Waals surface area (Å²) >= 11 is 0. The minimum Gasteiger partial charge on any atom is -0.152 e. The summed E-state index contributed by atoms with van der Waals surface area (Å²) in [5, 5.41) is 2.79. The fourth-order valence-corrected chi connectivity index (χ4v) is 1.66. The molecular formula is C9H10N3O+. The topological polar surface area (TPSA) is 43.7 Å². The molecule has 1 aromatic carbocycles. The summed E-state index contributed by atoms with van der Waals surface area (Å²) < 4.78 is 2.79. The van der Waals surface area contributed by atoms with Crippen LogP contribution in [0.15, 0.2) is 24.3 Å². The second-order valence-corrected chi connectivity index (χ2v) is 3.48. The molecular weight excluding hydrogens is 166 g/mol. The van der Waals surface area contributed by atoms with Crippen LogP contribution < -0.4 is 4.54 Å². The summed E-state index contributed by atoms with van der Waals surface area (Å²) in [4.78, 5) is 11.4. The van der Waals surface area contributed by atoms with Gasteiger partial charge in [-0.1, -0.05) is 17.3 Å². The number of fused-ring (bicyclic) bond motifs is 1. The van der Waals surface area contributed by atoms with Crippen molar-refractivity contribution >= 4 is 11.0 Å².